The van der Waals surface area contributed by atoms with Crippen LogP contribution < -0.4 is 10.6 Å². The number of piperidine rings is 1. The molecule has 1 amide bonds. The number of para-hydroxylation sites is 1. The van der Waals surface area contributed by atoms with E-state index >= 15 is 0 Å². The fourth-order valence-corrected chi connectivity index (χ4v) is 4.65. The second-order valence-electron chi connectivity index (χ2n) is 6.63. The highest BCUT2D eigenvalue weighted by molar-refractivity contribution is 7.18. The van der Waals surface area contributed by atoms with Crippen LogP contribution in [0, 0.1) is 10.1 Å². The smallest absolute Gasteiger partial charge is 0.293 e. The summed E-state index contributed by atoms with van der Waals surface area (Å²) in [6, 6.07) is 12.5. The number of thiazole rings is 1. The third kappa shape index (κ3) is 3.35. The summed E-state index contributed by atoms with van der Waals surface area (Å²) in [7, 11) is 0. The van der Waals surface area contributed by atoms with E-state index in [1.165, 1.54) is 6.07 Å². The number of rotatable bonds is 4. The molecule has 4 rings (SSSR count). The van der Waals surface area contributed by atoms with Crippen LogP contribution in [0.25, 0.3) is 10.2 Å². The number of aromatic nitrogens is 1. The van der Waals surface area contributed by atoms with Crippen molar-refractivity contribution in [2.45, 2.75) is 18.8 Å². The zero-order valence-corrected chi connectivity index (χ0v) is 15.3. The number of nitrogens with zero attached hydrogens (tertiary/aromatic N) is 3. The van der Waals surface area contributed by atoms with Gasteiger partial charge in [0, 0.05) is 30.6 Å². The van der Waals surface area contributed by atoms with Gasteiger partial charge >= 0.3 is 0 Å². The third-order valence-electron chi connectivity index (χ3n) is 4.88. The first kappa shape index (κ1) is 17.4. The average Bonchev–Trinajstić information content (AvgIpc) is 3.12. The highest BCUT2D eigenvalue weighted by atomic mass is 32.1. The van der Waals surface area contributed by atoms with Crippen LogP contribution in [0.15, 0.2) is 42.5 Å². The highest BCUT2D eigenvalue weighted by Crippen LogP contribution is 2.37. The number of carbonyl (C=O) groups excluding carboxylic acids is 1. The Hall–Kier alpha value is -3.00. The second-order valence-corrected chi connectivity index (χ2v) is 7.69. The summed E-state index contributed by atoms with van der Waals surface area (Å²) in [6.45, 7) is 1.40. The molecule has 0 spiro atoms. The molecule has 0 unspecified atom stereocenters. The number of nitrogens with two attached hydrogens (primary N) is 1. The molecule has 1 atom stereocenters. The summed E-state index contributed by atoms with van der Waals surface area (Å²) in [5.74, 6) is -0.442. The molecule has 0 bridgehead atoms. The normalized spacial score (nSPS) is 17.2. The summed E-state index contributed by atoms with van der Waals surface area (Å²) >= 11 is 1.69. The SMILES string of the molecule is NC(=O)c1ccc(N2CCC[C@@H](c3nc4ccccc4s3)C2)c([N+](=O)[O-])c1. The van der Waals surface area contributed by atoms with Gasteiger partial charge in [0.05, 0.1) is 20.1 Å². The number of nitro groups is 1. The molecule has 1 aliphatic heterocycles. The summed E-state index contributed by atoms with van der Waals surface area (Å²) in [4.78, 5) is 29.2. The fourth-order valence-electron chi connectivity index (χ4n) is 3.55. The predicted molar refractivity (Wildman–Crippen MR) is 105 cm³/mol. The lowest BCUT2D eigenvalue weighted by Crippen LogP contribution is -2.34. The van der Waals surface area contributed by atoms with Gasteiger partial charge in [0.1, 0.15) is 5.69 Å². The maximum absolute atomic E-state index is 11.5. The van der Waals surface area contributed by atoms with Gasteiger partial charge in [-0.2, -0.15) is 0 Å². The maximum atomic E-state index is 11.5. The molecule has 1 saturated heterocycles. The quantitative estimate of drug-likeness (QED) is 0.548. The van der Waals surface area contributed by atoms with Crippen LogP contribution in [0.3, 0.4) is 0 Å². The summed E-state index contributed by atoms with van der Waals surface area (Å²) < 4.78 is 1.15. The Morgan fingerprint density at radius 1 is 1.30 bits per heavy atom. The van der Waals surface area contributed by atoms with Gasteiger partial charge in [-0.25, -0.2) is 4.98 Å². The standard InChI is InChI=1S/C19H18N4O3S/c20-18(24)12-7-8-15(16(10-12)23(25)26)22-9-3-4-13(11-22)19-21-14-5-1-2-6-17(14)27-19/h1-2,5-8,10,13H,3-4,9,11H2,(H2,20,24)/t13-/m1/s1. The number of benzene rings is 2. The van der Waals surface area contributed by atoms with Crippen LogP contribution in [-0.4, -0.2) is 28.9 Å². The number of carbonyl (C=O) groups is 1. The van der Waals surface area contributed by atoms with Crippen molar-refractivity contribution in [1.82, 2.24) is 4.98 Å². The molecule has 0 radical (unpaired) electrons. The maximum Gasteiger partial charge on any atom is 0.293 e. The first-order valence-corrected chi connectivity index (χ1v) is 9.53. The van der Waals surface area contributed by atoms with E-state index in [0.29, 0.717) is 12.2 Å². The van der Waals surface area contributed by atoms with E-state index in [1.807, 2.05) is 23.1 Å². The molecule has 2 aromatic carbocycles. The minimum atomic E-state index is -0.671. The van der Waals surface area contributed by atoms with E-state index < -0.39 is 10.8 Å². The summed E-state index contributed by atoms with van der Waals surface area (Å²) in [5.41, 5.74) is 6.84. The Bertz CT molecular complexity index is 1000. The molecule has 1 fully saturated rings. The number of primary amides is 1. The summed E-state index contributed by atoms with van der Waals surface area (Å²) in [5, 5.41) is 12.6. The Morgan fingerprint density at radius 2 is 2.11 bits per heavy atom. The average molecular weight is 382 g/mol. The molecule has 138 valence electrons. The molecule has 8 heteroatoms. The number of anilines is 1. The van der Waals surface area contributed by atoms with Crippen molar-refractivity contribution in [2.24, 2.45) is 5.73 Å². The van der Waals surface area contributed by atoms with E-state index in [4.69, 9.17) is 10.7 Å². The number of hydrogen-bond acceptors (Lipinski definition) is 6. The van der Waals surface area contributed by atoms with Crippen molar-refractivity contribution in [2.75, 3.05) is 18.0 Å². The van der Waals surface area contributed by atoms with Gasteiger partial charge in [-0.3, -0.25) is 14.9 Å². The van der Waals surface area contributed by atoms with E-state index in [0.717, 1.165) is 34.6 Å². The molecule has 3 aromatic rings. The summed E-state index contributed by atoms with van der Waals surface area (Å²) in [6.07, 6.45) is 1.93. The topological polar surface area (TPSA) is 102 Å². The molecule has 27 heavy (non-hydrogen) atoms. The lowest BCUT2D eigenvalue weighted by Gasteiger charge is -2.33. The lowest BCUT2D eigenvalue weighted by molar-refractivity contribution is -0.384. The molecule has 2 heterocycles. The zero-order valence-electron chi connectivity index (χ0n) is 14.5. The van der Waals surface area contributed by atoms with Crippen molar-refractivity contribution in [3.8, 4) is 0 Å². The van der Waals surface area contributed by atoms with Crippen molar-refractivity contribution in [3.63, 3.8) is 0 Å². The van der Waals surface area contributed by atoms with Crippen LogP contribution in [-0.2, 0) is 0 Å². The Balaban J connectivity index is 1.65. The van der Waals surface area contributed by atoms with Crippen LogP contribution in [0.2, 0.25) is 0 Å². The van der Waals surface area contributed by atoms with Crippen LogP contribution in [0.4, 0.5) is 11.4 Å². The Morgan fingerprint density at radius 3 is 2.85 bits per heavy atom. The number of hydrogen-bond donors (Lipinski definition) is 1. The molecule has 0 saturated carbocycles. The van der Waals surface area contributed by atoms with Crippen LogP contribution >= 0.6 is 11.3 Å². The molecular weight excluding hydrogens is 364 g/mol. The fraction of sp³-hybridized carbons (Fsp3) is 0.263. The molecule has 7 nitrogen and oxygen atoms in total. The van der Waals surface area contributed by atoms with Gasteiger partial charge in [-0.05, 0) is 37.1 Å². The van der Waals surface area contributed by atoms with Gasteiger partial charge < -0.3 is 10.6 Å². The van der Waals surface area contributed by atoms with Gasteiger partial charge in [0.15, 0.2) is 0 Å². The minimum Gasteiger partial charge on any atom is -0.366 e. The van der Waals surface area contributed by atoms with Crippen molar-refractivity contribution < 1.29 is 9.72 Å². The first-order valence-electron chi connectivity index (χ1n) is 8.71. The van der Waals surface area contributed by atoms with E-state index in [-0.39, 0.29) is 17.2 Å². The van der Waals surface area contributed by atoms with Crippen LogP contribution in [0.1, 0.15) is 34.1 Å². The number of fused-ring (bicyclic) bond motifs is 1. The lowest BCUT2D eigenvalue weighted by atomic mass is 9.97. The highest BCUT2D eigenvalue weighted by Gasteiger charge is 2.28. The number of nitro benzene ring substituents is 1. The molecule has 1 aliphatic rings. The van der Waals surface area contributed by atoms with Crippen molar-refractivity contribution in [1.29, 1.82) is 0 Å². The molecular formula is C19H18N4O3S. The van der Waals surface area contributed by atoms with Crippen molar-refractivity contribution in [3.05, 3.63) is 63.1 Å². The van der Waals surface area contributed by atoms with Gasteiger partial charge in [-0.1, -0.05) is 12.1 Å². The zero-order chi connectivity index (χ0) is 19.0. The Kier molecular flexibility index (Phi) is 4.49. The van der Waals surface area contributed by atoms with Gasteiger partial charge in [0.25, 0.3) is 5.69 Å². The van der Waals surface area contributed by atoms with E-state index in [2.05, 4.69) is 6.07 Å². The molecule has 0 aliphatic carbocycles. The number of amides is 1. The Labute approximate surface area is 159 Å². The van der Waals surface area contributed by atoms with E-state index in [9.17, 15) is 14.9 Å². The van der Waals surface area contributed by atoms with Crippen molar-refractivity contribution >= 4 is 38.8 Å². The molecule has 2 N–H and O–H groups in total. The second kappa shape index (κ2) is 6.96. The largest absolute Gasteiger partial charge is 0.366 e. The monoisotopic (exact) mass is 382 g/mol. The van der Waals surface area contributed by atoms with Gasteiger partial charge in [0.2, 0.25) is 5.91 Å². The minimum absolute atomic E-state index is 0.0868. The van der Waals surface area contributed by atoms with E-state index in [1.54, 1.807) is 23.5 Å². The third-order valence-corrected chi connectivity index (χ3v) is 6.08. The first-order chi connectivity index (χ1) is 13.0. The predicted octanol–water partition coefficient (Wildman–Crippen LogP) is 3.69. The van der Waals surface area contributed by atoms with Crippen LogP contribution in [0.5, 0.6) is 0 Å². The molecule has 1 aromatic heterocycles. The van der Waals surface area contributed by atoms with Gasteiger partial charge in [-0.15, -0.1) is 11.3 Å².